The molecule has 0 amide bonds. The lowest BCUT2D eigenvalue weighted by Crippen LogP contribution is -2.29. The number of aryl methyl sites for hydroxylation is 2. The highest BCUT2D eigenvalue weighted by molar-refractivity contribution is 5.94. The van der Waals surface area contributed by atoms with E-state index >= 15 is 0 Å². The van der Waals surface area contributed by atoms with E-state index in [1.54, 1.807) is 0 Å². The largest absolute Gasteiger partial charge is 0.462 e. The summed E-state index contributed by atoms with van der Waals surface area (Å²) in [7, 11) is 0. The first-order chi connectivity index (χ1) is 20.7. The quantitative estimate of drug-likeness (QED) is 0.101. The molecule has 0 aliphatic heterocycles. The van der Waals surface area contributed by atoms with Crippen LogP contribution in [0.1, 0.15) is 47.9 Å². The summed E-state index contributed by atoms with van der Waals surface area (Å²) < 4.78 is 20.5. The predicted molar refractivity (Wildman–Crippen MR) is 162 cm³/mol. The second kappa shape index (κ2) is 14.0. The molecule has 0 unspecified atom stereocenters. The summed E-state index contributed by atoms with van der Waals surface area (Å²) in [5.74, 6) is -2.03. The van der Waals surface area contributed by atoms with E-state index in [1.807, 2.05) is 12.1 Å². The monoisotopic (exact) mass is 584 g/mol. The molecule has 0 heterocycles. The molecular formula is C35H36O8. The molecule has 1 aliphatic carbocycles. The van der Waals surface area contributed by atoms with Crippen molar-refractivity contribution in [1.82, 2.24) is 0 Å². The Bertz CT molecular complexity index is 1520. The molecule has 1 aliphatic rings. The van der Waals surface area contributed by atoms with Crippen molar-refractivity contribution < 1.29 is 38.1 Å². The average molecular weight is 585 g/mol. The van der Waals surface area contributed by atoms with E-state index in [9.17, 15) is 19.2 Å². The van der Waals surface area contributed by atoms with Crippen molar-refractivity contribution in [3.05, 3.63) is 96.1 Å². The van der Waals surface area contributed by atoms with Crippen LogP contribution in [0.4, 0.5) is 0 Å². The summed E-state index contributed by atoms with van der Waals surface area (Å²) in [4.78, 5) is 48.3. The number of hydrogen-bond donors (Lipinski definition) is 0. The molecule has 0 saturated carbocycles. The number of carbonyl (C=O) groups is 4. The average Bonchev–Trinajstić information content (AvgIpc) is 3.25. The van der Waals surface area contributed by atoms with Crippen molar-refractivity contribution >= 4 is 34.6 Å². The van der Waals surface area contributed by atoms with Gasteiger partial charge in [0, 0.05) is 30.4 Å². The Morgan fingerprint density at radius 1 is 0.651 bits per heavy atom. The first kappa shape index (κ1) is 31.2. The predicted octanol–water partition coefficient (Wildman–Crippen LogP) is 5.83. The smallest absolute Gasteiger partial charge is 0.330 e. The number of rotatable bonds is 14. The minimum Gasteiger partial charge on any atom is -0.462 e. The van der Waals surface area contributed by atoms with Gasteiger partial charge in [-0.15, -0.1) is 0 Å². The fourth-order valence-electron chi connectivity index (χ4n) is 5.59. The van der Waals surface area contributed by atoms with Crippen LogP contribution in [0.15, 0.2) is 73.8 Å². The first-order valence-corrected chi connectivity index (χ1v) is 14.2. The third-order valence-electron chi connectivity index (χ3n) is 7.87. The maximum Gasteiger partial charge on any atom is 0.330 e. The van der Waals surface area contributed by atoms with Gasteiger partial charge < -0.3 is 18.9 Å². The molecular weight excluding hydrogens is 548 g/mol. The maximum atomic E-state index is 12.9. The van der Waals surface area contributed by atoms with Gasteiger partial charge in [0.2, 0.25) is 0 Å². The summed E-state index contributed by atoms with van der Waals surface area (Å²) in [5.41, 5.74) is 5.85. The van der Waals surface area contributed by atoms with Gasteiger partial charge in [-0.3, -0.25) is 9.59 Å². The number of hydrogen-bond acceptors (Lipinski definition) is 8. The van der Waals surface area contributed by atoms with Gasteiger partial charge in [-0.1, -0.05) is 49.6 Å². The van der Waals surface area contributed by atoms with Crippen molar-refractivity contribution in [3.63, 3.8) is 0 Å². The minimum absolute atomic E-state index is 0.0637. The summed E-state index contributed by atoms with van der Waals surface area (Å²) in [6, 6.07) is 16.8. The van der Waals surface area contributed by atoms with E-state index in [2.05, 4.69) is 63.4 Å². The summed E-state index contributed by atoms with van der Waals surface area (Å²) >= 11 is 0. The number of esters is 4. The molecule has 0 aromatic heterocycles. The van der Waals surface area contributed by atoms with Crippen LogP contribution in [0.25, 0.3) is 21.9 Å². The van der Waals surface area contributed by atoms with Crippen LogP contribution in [-0.2, 0) is 43.5 Å². The molecule has 0 bridgehead atoms. The SMILES string of the molecule is C=CC(=O)OCCOC(=O)CCC1(CCC(=O)OCCOC(=O)C=C)c2cc(C)c(C)cc2-c2cc3ccccc3cc21. The second-order valence-electron chi connectivity index (χ2n) is 10.5. The van der Waals surface area contributed by atoms with Gasteiger partial charge in [-0.2, -0.15) is 0 Å². The Labute approximate surface area is 251 Å². The Kier molecular flexibility index (Phi) is 10.1. The van der Waals surface area contributed by atoms with Crippen LogP contribution in [0.2, 0.25) is 0 Å². The maximum absolute atomic E-state index is 12.9. The Morgan fingerprint density at radius 2 is 1.09 bits per heavy atom. The normalized spacial score (nSPS) is 12.5. The van der Waals surface area contributed by atoms with Gasteiger partial charge in [-0.25, -0.2) is 9.59 Å². The third-order valence-corrected chi connectivity index (χ3v) is 7.87. The molecule has 0 radical (unpaired) electrons. The Morgan fingerprint density at radius 3 is 1.63 bits per heavy atom. The molecule has 8 heteroatoms. The molecule has 4 rings (SSSR count). The lowest BCUT2D eigenvalue weighted by Gasteiger charge is -2.32. The highest BCUT2D eigenvalue weighted by atomic mass is 16.6. The number of carbonyl (C=O) groups excluding carboxylic acids is 4. The van der Waals surface area contributed by atoms with E-state index in [0.29, 0.717) is 12.8 Å². The number of fused-ring (bicyclic) bond motifs is 4. The van der Waals surface area contributed by atoms with E-state index in [0.717, 1.165) is 56.3 Å². The molecule has 43 heavy (non-hydrogen) atoms. The lowest BCUT2D eigenvalue weighted by atomic mass is 9.70. The molecule has 3 aromatic rings. The Balaban J connectivity index is 1.64. The highest BCUT2D eigenvalue weighted by Gasteiger charge is 2.44. The van der Waals surface area contributed by atoms with Crippen molar-refractivity contribution in [2.45, 2.75) is 44.9 Å². The second-order valence-corrected chi connectivity index (χ2v) is 10.5. The van der Waals surface area contributed by atoms with E-state index < -0.39 is 29.3 Å². The van der Waals surface area contributed by atoms with Crippen LogP contribution in [-0.4, -0.2) is 50.3 Å². The highest BCUT2D eigenvalue weighted by Crippen LogP contribution is 2.55. The third kappa shape index (κ3) is 7.20. The molecule has 0 fully saturated rings. The van der Waals surface area contributed by atoms with Crippen LogP contribution in [0, 0.1) is 13.8 Å². The van der Waals surface area contributed by atoms with Gasteiger partial charge in [0.15, 0.2) is 0 Å². The standard InChI is InChI=1S/C35H36O8/c1-5-31(36)40-15-17-42-33(38)11-13-35(14-12-34(39)43-18-16-41-32(37)6-2)29-20-24(4)23(3)19-27(29)28-21-25-9-7-8-10-26(25)22-30(28)35/h5-10,19-22H,1-2,11-18H2,3-4H3. The Hall–Kier alpha value is -4.72. The van der Waals surface area contributed by atoms with Gasteiger partial charge in [0.1, 0.15) is 26.4 Å². The molecule has 3 aromatic carbocycles. The molecule has 8 nitrogen and oxygen atoms in total. The van der Waals surface area contributed by atoms with E-state index in [4.69, 9.17) is 18.9 Å². The van der Waals surface area contributed by atoms with E-state index in [1.165, 1.54) is 0 Å². The number of benzene rings is 3. The van der Waals surface area contributed by atoms with Gasteiger partial charge >= 0.3 is 23.9 Å². The van der Waals surface area contributed by atoms with Crippen molar-refractivity contribution in [2.24, 2.45) is 0 Å². The zero-order valence-corrected chi connectivity index (χ0v) is 24.6. The van der Waals surface area contributed by atoms with Crippen molar-refractivity contribution in [1.29, 1.82) is 0 Å². The summed E-state index contributed by atoms with van der Waals surface area (Å²) in [6.07, 6.45) is 3.05. The van der Waals surface area contributed by atoms with Crippen molar-refractivity contribution in [3.8, 4) is 11.1 Å². The van der Waals surface area contributed by atoms with Gasteiger partial charge in [0.25, 0.3) is 0 Å². The minimum atomic E-state index is -0.671. The molecule has 0 spiro atoms. The fraction of sp³-hybridized carbons (Fsp3) is 0.314. The summed E-state index contributed by atoms with van der Waals surface area (Å²) in [5, 5.41) is 2.16. The van der Waals surface area contributed by atoms with Gasteiger partial charge in [-0.05, 0) is 83.0 Å². The van der Waals surface area contributed by atoms with Gasteiger partial charge in [0.05, 0.1) is 0 Å². The zero-order valence-electron chi connectivity index (χ0n) is 24.6. The lowest BCUT2D eigenvalue weighted by molar-refractivity contribution is -0.150. The van der Waals surface area contributed by atoms with Crippen LogP contribution >= 0.6 is 0 Å². The molecule has 0 N–H and O–H groups in total. The van der Waals surface area contributed by atoms with Crippen LogP contribution in [0.3, 0.4) is 0 Å². The number of ether oxygens (including phenoxy) is 4. The van der Waals surface area contributed by atoms with Crippen LogP contribution in [0.5, 0.6) is 0 Å². The topological polar surface area (TPSA) is 105 Å². The fourth-order valence-corrected chi connectivity index (χ4v) is 5.59. The van der Waals surface area contributed by atoms with E-state index in [-0.39, 0.29) is 39.3 Å². The first-order valence-electron chi connectivity index (χ1n) is 14.2. The molecule has 224 valence electrons. The zero-order chi connectivity index (χ0) is 31.0. The molecule has 0 atom stereocenters. The molecule has 0 saturated heterocycles. The van der Waals surface area contributed by atoms with Crippen LogP contribution < -0.4 is 0 Å². The summed E-state index contributed by atoms with van der Waals surface area (Å²) in [6.45, 7) is 10.6. The van der Waals surface area contributed by atoms with Crippen molar-refractivity contribution in [2.75, 3.05) is 26.4 Å².